The second kappa shape index (κ2) is 8.71. The molecule has 1 aliphatic heterocycles. The molecule has 162 valence electrons. The van der Waals surface area contributed by atoms with Crippen molar-refractivity contribution < 1.29 is 32.6 Å². The number of hydrogen-bond donors (Lipinski definition) is 2. The summed E-state index contributed by atoms with van der Waals surface area (Å²) >= 11 is 0. The van der Waals surface area contributed by atoms with E-state index in [1.54, 1.807) is 19.1 Å². The zero-order valence-electron chi connectivity index (χ0n) is 16.5. The van der Waals surface area contributed by atoms with Gasteiger partial charge < -0.3 is 14.9 Å². The van der Waals surface area contributed by atoms with E-state index in [0.717, 1.165) is 9.87 Å². The Labute approximate surface area is 174 Å². The van der Waals surface area contributed by atoms with Crippen molar-refractivity contribution in [2.45, 2.75) is 49.3 Å². The van der Waals surface area contributed by atoms with E-state index < -0.39 is 27.6 Å². The maximum absolute atomic E-state index is 13.1. The molecule has 7 nitrogen and oxygen atoms in total. The van der Waals surface area contributed by atoms with Crippen LogP contribution in [0.3, 0.4) is 0 Å². The van der Waals surface area contributed by atoms with Crippen molar-refractivity contribution in [1.82, 2.24) is 4.31 Å². The second-order valence-corrected chi connectivity index (χ2v) is 9.19. The van der Waals surface area contributed by atoms with Gasteiger partial charge in [0.05, 0.1) is 10.5 Å². The van der Waals surface area contributed by atoms with Crippen LogP contribution in [0.15, 0.2) is 53.4 Å². The summed E-state index contributed by atoms with van der Waals surface area (Å²) in [5, 5.41) is 20.3. The van der Waals surface area contributed by atoms with E-state index in [9.17, 15) is 27.8 Å². The first-order valence-electron chi connectivity index (χ1n) is 9.62. The van der Waals surface area contributed by atoms with Gasteiger partial charge in [-0.05, 0) is 61.2 Å². The molecule has 1 fully saturated rings. The molecule has 3 rings (SSSR count). The normalized spacial score (nSPS) is 22.6. The molecule has 30 heavy (non-hydrogen) atoms. The number of carbonyl (C=O) groups is 1. The molecule has 2 aromatic carbocycles. The largest absolute Gasteiger partial charge is 0.489 e. The van der Waals surface area contributed by atoms with Crippen molar-refractivity contribution in [2.75, 3.05) is 6.54 Å². The Hall–Kier alpha value is -2.49. The third-order valence-corrected chi connectivity index (χ3v) is 7.26. The highest BCUT2D eigenvalue weighted by atomic mass is 32.2. The fraction of sp³-hybridized carbons (Fsp3) is 0.381. The number of rotatable bonds is 7. The highest BCUT2D eigenvalue weighted by Gasteiger charge is 2.51. The van der Waals surface area contributed by atoms with Crippen molar-refractivity contribution in [3.63, 3.8) is 0 Å². The Kier molecular flexibility index (Phi) is 6.44. The number of nitrogens with zero attached hydrogens (tertiary/aromatic N) is 1. The predicted molar refractivity (Wildman–Crippen MR) is 107 cm³/mol. The van der Waals surface area contributed by atoms with Gasteiger partial charge in [-0.25, -0.2) is 12.8 Å². The first-order chi connectivity index (χ1) is 14.2. The lowest BCUT2D eigenvalue weighted by Gasteiger charge is -2.43. The molecule has 0 bridgehead atoms. The molecule has 1 aliphatic rings. The number of carboxylic acids is 1. The lowest BCUT2D eigenvalue weighted by molar-refractivity contribution is -0.155. The predicted octanol–water partition coefficient (Wildman–Crippen LogP) is 2.78. The molecule has 2 N–H and O–H groups in total. The van der Waals surface area contributed by atoms with E-state index in [2.05, 4.69) is 0 Å². The zero-order chi connectivity index (χ0) is 21.9. The maximum atomic E-state index is 13.1. The molecule has 2 aromatic rings. The van der Waals surface area contributed by atoms with Gasteiger partial charge in [0.1, 0.15) is 18.2 Å². The number of aliphatic hydroxyl groups is 1. The van der Waals surface area contributed by atoms with Crippen LogP contribution >= 0.6 is 0 Å². The summed E-state index contributed by atoms with van der Waals surface area (Å²) in [6.07, 6.45) is 0.723. The van der Waals surface area contributed by atoms with Crippen LogP contribution in [0.2, 0.25) is 0 Å². The van der Waals surface area contributed by atoms with E-state index >= 15 is 0 Å². The van der Waals surface area contributed by atoms with Crippen LogP contribution in [0.25, 0.3) is 0 Å². The molecule has 0 aromatic heterocycles. The SMILES string of the molecule is CCC1(O)CCCN(S(=O)(=O)c2ccc(OCc3ccc(F)cc3)cc2)C1C(=O)O. The van der Waals surface area contributed by atoms with Crippen molar-refractivity contribution in [1.29, 1.82) is 0 Å². The summed E-state index contributed by atoms with van der Waals surface area (Å²) in [6.45, 7) is 1.84. The standard InChI is InChI=1S/C21H24FNO6S/c1-2-21(26)12-3-13-23(19(21)20(24)25)30(27,28)18-10-8-17(9-11-18)29-14-15-4-6-16(22)7-5-15/h4-11,19,26H,2-3,12-14H2,1H3,(H,24,25). The molecule has 0 saturated carbocycles. The monoisotopic (exact) mass is 437 g/mol. The Morgan fingerprint density at radius 1 is 1.20 bits per heavy atom. The van der Waals surface area contributed by atoms with Gasteiger partial charge in [0, 0.05) is 6.54 Å². The van der Waals surface area contributed by atoms with Gasteiger partial charge in [-0.15, -0.1) is 0 Å². The molecule has 0 spiro atoms. The summed E-state index contributed by atoms with van der Waals surface area (Å²) < 4.78 is 45.6. The molecule has 1 heterocycles. The van der Waals surface area contributed by atoms with Gasteiger partial charge in [-0.3, -0.25) is 4.79 Å². The third-order valence-electron chi connectivity index (χ3n) is 5.38. The molecule has 0 amide bonds. The van der Waals surface area contributed by atoms with Crippen LogP contribution in [0.1, 0.15) is 31.7 Å². The Bertz CT molecular complexity index is 993. The van der Waals surface area contributed by atoms with Gasteiger partial charge in [0.25, 0.3) is 0 Å². The fourth-order valence-electron chi connectivity index (χ4n) is 3.65. The Balaban J connectivity index is 1.78. The lowest BCUT2D eigenvalue weighted by Crippen LogP contribution is -2.61. The maximum Gasteiger partial charge on any atom is 0.325 e. The highest BCUT2D eigenvalue weighted by Crippen LogP contribution is 2.35. The highest BCUT2D eigenvalue weighted by molar-refractivity contribution is 7.89. The molecule has 0 radical (unpaired) electrons. The summed E-state index contributed by atoms with van der Waals surface area (Å²) in [5.74, 6) is -1.31. The molecule has 9 heteroatoms. The van der Waals surface area contributed by atoms with Gasteiger partial charge >= 0.3 is 5.97 Å². The number of halogens is 1. The first-order valence-corrected chi connectivity index (χ1v) is 11.1. The van der Waals surface area contributed by atoms with Crippen LogP contribution < -0.4 is 4.74 Å². The smallest absolute Gasteiger partial charge is 0.325 e. The summed E-state index contributed by atoms with van der Waals surface area (Å²) in [6, 6.07) is 9.91. The van der Waals surface area contributed by atoms with E-state index in [1.807, 2.05) is 0 Å². The number of aliphatic carboxylic acids is 1. The topological polar surface area (TPSA) is 104 Å². The number of sulfonamides is 1. The van der Waals surface area contributed by atoms with Gasteiger partial charge in [-0.1, -0.05) is 19.1 Å². The van der Waals surface area contributed by atoms with E-state index in [1.165, 1.54) is 36.4 Å². The zero-order valence-corrected chi connectivity index (χ0v) is 17.3. The minimum atomic E-state index is -4.13. The van der Waals surface area contributed by atoms with Crippen LogP contribution in [-0.4, -0.2) is 47.1 Å². The van der Waals surface area contributed by atoms with Crippen molar-refractivity contribution in [3.05, 3.63) is 59.9 Å². The minimum Gasteiger partial charge on any atom is -0.489 e. The summed E-state index contributed by atoms with van der Waals surface area (Å²) in [5.41, 5.74) is -0.861. The molecule has 2 atom stereocenters. The number of benzene rings is 2. The number of ether oxygens (including phenoxy) is 1. The molecular weight excluding hydrogens is 413 g/mol. The third kappa shape index (κ3) is 4.48. The van der Waals surface area contributed by atoms with Crippen molar-refractivity contribution in [2.24, 2.45) is 0 Å². The van der Waals surface area contributed by atoms with E-state index in [-0.39, 0.29) is 36.7 Å². The number of carboxylic acid groups (broad SMARTS) is 1. The second-order valence-electron chi connectivity index (χ2n) is 7.30. The van der Waals surface area contributed by atoms with Crippen LogP contribution in [0.5, 0.6) is 5.75 Å². The molecular formula is C21H24FNO6S. The number of piperidine rings is 1. The lowest BCUT2D eigenvalue weighted by atomic mass is 9.83. The molecule has 2 unspecified atom stereocenters. The number of hydrogen-bond acceptors (Lipinski definition) is 5. The first kappa shape index (κ1) is 22.2. The van der Waals surface area contributed by atoms with E-state index in [4.69, 9.17) is 4.74 Å². The van der Waals surface area contributed by atoms with Crippen LogP contribution in [-0.2, 0) is 21.4 Å². The van der Waals surface area contributed by atoms with Crippen LogP contribution in [0, 0.1) is 5.82 Å². The van der Waals surface area contributed by atoms with Gasteiger partial charge in [0.2, 0.25) is 10.0 Å². The van der Waals surface area contributed by atoms with E-state index in [0.29, 0.717) is 12.2 Å². The van der Waals surface area contributed by atoms with Gasteiger partial charge in [-0.2, -0.15) is 4.31 Å². The molecule has 1 saturated heterocycles. The Morgan fingerprint density at radius 2 is 1.83 bits per heavy atom. The van der Waals surface area contributed by atoms with Crippen molar-refractivity contribution >= 4 is 16.0 Å². The average Bonchev–Trinajstić information content (AvgIpc) is 2.73. The fourth-order valence-corrected chi connectivity index (χ4v) is 5.33. The average molecular weight is 437 g/mol. The summed E-state index contributed by atoms with van der Waals surface area (Å²) in [4.78, 5) is 11.7. The Morgan fingerprint density at radius 3 is 2.40 bits per heavy atom. The molecule has 0 aliphatic carbocycles. The summed E-state index contributed by atoms with van der Waals surface area (Å²) in [7, 11) is -4.13. The minimum absolute atomic E-state index is 0.0183. The quantitative estimate of drug-likeness (QED) is 0.690. The van der Waals surface area contributed by atoms with Gasteiger partial charge in [0.15, 0.2) is 6.04 Å². The van der Waals surface area contributed by atoms with Crippen LogP contribution in [0.4, 0.5) is 4.39 Å². The van der Waals surface area contributed by atoms with Crippen molar-refractivity contribution in [3.8, 4) is 5.75 Å².